The highest BCUT2D eigenvalue weighted by molar-refractivity contribution is 6.04. The Bertz CT molecular complexity index is 640. The van der Waals surface area contributed by atoms with Gasteiger partial charge in [-0.05, 0) is 36.4 Å². The summed E-state index contributed by atoms with van der Waals surface area (Å²) in [4.78, 5) is 11.9. The van der Waals surface area contributed by atoms with Gasteiger partial charge in [-0.3, -0.25) is 4.79 Å². The minimum absolute atomic E-state index is 0.100. The molecule has 3 heteroatoms. The molecule has 0 aliphatic rings. The summed E-state index contributed by atoms with van der Waals surface area (Å²) < 4.78 is 10.5. The molecule has 2 aromatic carbocycles. The van der Waals surface area contributed by atoms with Crippen LogP contribution in [0.25, 0.3) is 12.2 Å². The van der Waals surface area contributed by atoms with E-state index in [0.717, 1.165) is 22.6 Å². The lowest BCUT2D eigenvalue weighted by atomic mass is 10.1. The van der Waals surface area contributed by atoms with Crippen LogP contribution in [0.1, 0.15) is 11.1 Å². The molecule has 0 N–H and O–H groups in total. The van der Waals surface area contributed by atoms with E-state index in [1.165, 1.54) is 12.2 Å². The highest BCUT2D eigenvalue weighted by atomic mass is 16.5. The van der Waals surface area contributed by atoms with E-state index in [-0.39, 0.29) is 5.78 Å². The summed E-state index contributed by atoms with van der Waals surface area (Å²) in [7, 11) is 3.21. The lowest BCUT2D eigenvalue weighted by Gasteiger charge is -2.03. The minimum Gasteiger partial charge on any atom is -0.496 e. The van der Waals surface area contributed by atoms with E-state index in [1.807, 2.05) is 48.5 Å². The van der Waals surface area contributed by atoms with Gasteiger partial charge in [0.15, 0.2) is 5.78 Å². The van der Waals surface area contributed by atoms with Crippen molar-refractivity contribution >= 4 is 17.9 Å². The first kappa shape index (κ1) is 15.6. The van der Waals surface area contributed by atoms with Gasteiger partial charge in [0.1, 0.15) is 11.5 Å². The Morgan fingerprint density at radius 1 is 0.773 bits per heavy atom. The maximum Gasteiger partial charge on any atom is 0.178 e. The summed E-state index contributed by atoms with van der Waals surface area (Å²) >= 11 is 0. The average Bonchev–Trinajstić information content (AvgIpc) is 2.58. The molecule has 2 rings (SSSR count). The second-order valence-electron chi connectivity index (χ2n) is 4.55. The van der Waals surface area contributed by atoms with Gasteiger partial charge in [-0.2, -0.15) is 0 Å². The van der Waals surface area contributed by atoms with Gasteiger partial charge in [0.2, 0.25) is 0 Å². The molecule has 0 aliphatic carbocycles. The molecule has 0 saturated heterocycles. The lowest BCUT2D eigenvalue weighted by Crippen LogP contribution is -1.89. The van der Waals surface area contributed by atoms with Crippen molar-refractivity contribution in [3.05, 3.63) is 71.8 Å². The summed E-state index contributed by atoms with van der Waals surface area (Å²) in [5.74, 6) is 1.37. The molecule has 112 valence electrons. The highest BCUT2D eigenvalue weighted by Crippen LogP contribution is 2.20. The van der Waals surface area contributed by atoms with E-state index in [4.69, 9.17) is 9.47 Å². The number of hydrogen-bond acceptors (Lipinski definition) is 3. The Morgan fingerprint density at radius 3 is 1.59 bits per heavy atom. The molecule has 0 unspecified atom stereocenters. The predicted molar refractivity (Wildman–Crippen MR) is 89.1 cm³/mol. The molecule has 0 heterocycles. The Hall–Kier alpha value is -2.81. The zero-order valence-electron chi connectivity index (χ0n) is 12.7. The summed E-state index contributed by atoms with van der Waals surface area (Å²) in [6, 6.07) is 15.1. The monoisotopic (exact) mass is 294 g/mol. The van der Waals surface area contributed by atoms with Crippen LogP contribution < -0.4 is 9.47 Å². The van der Waals surface area contributed by atoms with Gasteiger partial charge >= 0.3 is 0 Å². The van der Waals surface area contributed by atoms with Gasteiger partial charge in [-0.15, -0.1) is 0 Å². The molecule has 0 radical (unpaired) electrons. The third-order valence-electron chi connectivity index (χ3n) is 3.13. The van der Waals surface area contributed by atoms with Crippen LogP contribution in [-0.2, 0) is 4.79 Å². The lowest BCUT2D eigenvalue weighted by molar-refractivity contribution is -0.110. The van der Waals surface area contributed by atoms with Crippen LogP contribution in [0.4, 0.5) is 0 Å². The number of methoxy groups -OCH3 is 2. The van der Waals surface area contributed by atoms with Crippen LogP contribution in [-0.4, -0.2) is 20.0 Å². The number of allylic oxidation sites excluding steroid dienone is 2. The fourth-order valence-electron chi connectivity index (χ4n) is 2.01. The Balaban J connectivity index is 2.09. The van der Waals surface area contributed by atoms with Crippen LogP contribution in [0.15, 0.2) is 60.7 Å². The highest BCUT2D eigenvalue weighted by Gasteiger charge is 1.99. The molecule has 3 nitrogen and oxygen atoms in total. The first-order valence-electron chi connectivity index (χ1n) is 6.90. The zero-order valence-corrected chi connectivity index (χ0v) is 12.7. The summed E-state index contributed by atoms with van der Waals surface area (Å²) in [5, 5.41) is 0. The number of ketones is 1. The molecule has 0 amide bonds. The maximum atomic E-state index is 11.9. The standard InChI is InChI=1S/C19H18O3/c1-21-18-9-5-3-7-15(18)11-13-17(20)14-12-16-8-4-6-10-19(16)22-2/h3-14H,1-2H3/b13-11-,14-12+. The topological polar surface area (TPSA) is 35.5 Å². The fraction of sp³-hybridized carbons (Fsp3) is 0.105. The molecule has 0 spiro atoms. The van der Waals surface area contributed by atoms with Crippen LogP contribution >= 0.6 is 0 Å². The van der Waals surface area contributed by atoms with Gasteiger partial charge in [-0.25, -0.2) is 0 Å². The number of carbonyl (C=O) groups excluding carboxylic acids is 1. The normalized spacial score (nSPS) is 11.0. The maximum absolute atomic E-state index is 11.9. The predicted octanol–water partition coefficient (Wildman–Crippen LogP) is 4.00. The molecule has 0 bridgehead atoms. The second kappa shape index (κ2) is 7.84. The number of benzene rings is 2. The molecule has 22 heavy (non-hydrogen) atoms. The molecule has 2 aromatic rings. The third kappa shape index (κ3) is 4.09. The number of hydrogen-bond donors (Lipinski definition) is 0. The van der Waals surface area contributed by atoms with Crippen molar-refractivity contribution in [2.45, 2.75) is 0 Å². The molecule has 0 atom stereocenters. The molecule has 0 fully saturated rings. The number of ether oxygens (including phenoxy) is 2. The van der Waals surface area contributed by atoms with Crippen molar-refractivity contribution in [1.29, 1.82) is 0 Å². The quantitative estimate of drug-likeness (QED) is 0.755. The van der Waals surface area contributed by atoms with Crippen molar-refractivity contribution in [1.82, 2.24) is 0 Å². The fourth-order valence-corrected chi connectivity index (χ4v) is 2.01. The number of para-hydroxylation sites is 2. The third-order valence-corrected chi connectivity index (χ3v) is 3.13. The van der Waals surface area contributed by atoms with Crippen molar-refractivity contribution in [3.8, 4) is 11.5 Å². The Labute approximate surface area is 130 Å². The summed E-state index contributed by atoms with van der Waals surface area (Å²) in [5.41, 5.74) is 1.73. The van der Waals surface area contributed by atoms with E-state index in [1.54, 1.807) is 26.4 Å². The van der Waals surface area contributed by atoms with Gasteiger partial charge < -0.3 is 9.47 Å². The summed E-state index contributed by atoms with van der Waals surface area (Å²) in [6.07, 6.45) is 6.52. The summed E-state index contributed by atoms with van der Waals surface area (Å²) in [6.45, 7) is 0. The molecule has 0 aliphatic heterocycles. The molecular weight excluding hydrogens is 276 g/mol. The van der Waals surface area contributed by atoms with E-state index in [0.29, 0.717) is 0 Å². The SMILES string of the molecule is COc1ccccc1/C=C\C(=O)/C=C/c1ccccc1OC. The minimum atomic E-state index is -0.100. The van der Waals surface area contributed by atoms with Crippen molar-refractivity contribution in [2.75, 3.05) is 14.2 Å². The second-order valence-corrected chi connectivity index (χ2v) is 4.55. The number of carbonyl (C=O) groups is 1. The zero-order chi connectivity index (χ0) is 15.8. The van der Waals surface area contributed by atoms with Crippen molar-refractivity contribution in [3.63, 3.8) is 0 Å². The van der Waals surface area contributed by atoms with Crippen LogP contribution in [0.5, 0.6) is 11.5 Å². The average molecular weight is 294 g/mol. The molecule has 0 aromatic heterocycles. The van der Waals surface area contributed by atoms with Crippen molar-refractivity contribution < 1.29 is 14.3 Å². The first-order chi connectivity index (χ1) is 10.7. The molecular formula is C19H18O3. The van der Waals surface area contributed by atoms with Crippen LogP contribution in [0.2, 0.25) is 0 Å². The van der Waals surface area contributed by atoms with Gasteiger partial charge in [0.05, 0.1) is 14.2 Å². The van der Waals surface area contributed by atoms with E-state index < -0.39 is 0 Å². The van der Waals surface area contributed by atoms with E-state index in [2.05, 4.69) is 0 Å². The Morgan fingerprint density at radius 2 is 1.18 bits per heavy atom. The Kier molecular flexibility index (Phi) is 5.55. The smallest absolute Gasteiger partial charge is 0.178 e. The molecule has 0 saturated carbocycles. The van der Waals surface area contributed by atoms with E-state index in [9.17, 15) is 4.79 Å². The van der Waals surface area contributed by atoms with Gasteiger partial charge in [0, 0.05) is 11.1 Å². The van der Waals surface area contributed by atoms with Gasteiger partial charge in [0.25, 0.3) is 0 Å². The van der Waals surface area contributed by atoms with Crippen molar-refractivity contribution in [2.24, 2.45) is 0 Å². The van der Waals surface area contributed by atoms with E-state index >= 15 is 0 Å². The number of rotatable bonds is 6. The largest absolute Gasteiger partial charge is 0.496 e. The van der Waals surface area contributed by atoms with Gasteiger partial charge in [-0.1, -0.05) is 36.4 Å². The van der Waals surface area contributed by atoms with Crippen LogP contribution in [0.3, 0.4) is 0 Å². The van der Waals surface area contributed by atoms with Crippen LogP contribution in [0, 0.1) is 0 Å². The first-order valence-corrected chi connectivity index (χ1v) is 6.90.